The predicted molar refractivity (Wildman–Crippen MR) is 82.3 cm³/mol. The minimum absolute atomic E-state index is 0.0662. The van der Waals surface area contributed by atoms with Crippen molar-refractivity contribution in [2.75, 3.05) is 0 Å². The molecule has 0 aromatic heterocycles. The highest BCUT2D eigenvalue weighted by Gasteiger charge is 2.31. The fourth-order valence-corrected chi connectivity index (χ4v) is 2.86. The second-order valence-corrected chi connectivity index (χ2v) is 5.46. The van der Waals surface area contributed by atoms with Crippen molar-refractivity contribution in [2.24, 2.45) is 0 Å². The maximum Gasteiger partial charge on any atom is 0.158 e. The van der Waals surface area contributed by atoms with Gasteiger partial charge in [-0.2, -0.15) is 5.26 Å². The van der Waals surface area contributed by atoms with Gasteiger partial charge in [-0.05, 0) is 31.5 Å². The standard InChI is InChI=1S/C15H13ClN2OS/c1-8-13(9(2)19)14(12(7-17)15(20)18-8)10-3-5-11(16)6-4-10/h3-6,14,18,20H,1-2H3. The Balaban J connectivity index is 2.64. The number of thiol groups is 1. The van der Waals surface area contributed by atoms with E-state index in [2.05, 4.69) is 24.0 Å². The molecule has 0 radical (unpaired) electrons. The first-order valence-electron chi connectivity index (χ1n) is 6.03. The fourth-order valence-electron chi connectivity index (χ4n) is 2.38. The van der Waals surface area contributed by atoms with Gasteiger partial charge in [0.1, 0.15) is 0 Å². The predicted octanol–water partition coefficient (Wildman–Crippen LogP) is 3.55. The topological polar surface area (TPSA) is 52.9 Å². The summed E-state index contributed by atoms with van der Waals surface area (Å²) in [5.41, 5.74) is 2.60. The molecule has 1 aromatic rings. The van der Waals surface area contributed by atoms with Crippen LogP contribution < -0.4 is 5.32 Å². The average Bonchev–Trinajstić information content (AvgIpc) is 2.38. The summed E-state index contributed by atoms with van der Waals surface area (Å²) in [5.74, 6) is -0.466. The third kappa shape index (κ3) is 2.60. The first-order chi connectivity index (χ1) is 9.45. The average molecular weight is 305 g/mol. The van der Waals surface area contributed by atoms with Gasteiger partial charge in [-0.1, -0.05) is 23.7 Å². The van der Waals surface area contributed by atoms with Gasteiger partial charge in [-0.3, -0.25) is 4.79 Å². The normalized spacial score (nSPS) is 18.6. The first-order valence-corrected chi connectivity index (χ1v) is 6.85. The number of dihydropyridines is 1. The number of hydrogen-bond acceptors (Lipinski definition) is 4. The summed E-state index contributed by atoms with van der Waals surface area (Å²) in [5, 5.41) is 13.4. The van der Waals surface area contributed by atoms with Crippen LogP contribution in [0.4, 0.5) is 0 Å². The highest BCUT2D eigenvalue weighted by atomic mass is 35.5. The minimum atomic E-state index is -0.400. The van der Waals surface area contributed by atoms with Gasteiger partial charge >= 0.3 is 0 Å². The van der Waals surface area contributed by atoms with E-state index >= 15 is 0 Å². The second-order valence-electron chi connectivity index (χ2n) is 4.58. The Morgan fingerprint density at radius 1 is 1.40 bits per heavy atom. The third-order valence-corrected chi connectivity index (χ3v) is 3.85. The number of benzene rings is 1. The number of hydrogen-bond donors (Lipinski definition) is 2. The van der Waals surface area contributed by atoms with Crippen LogP contribution in [0.3, 0.4) is 0 Å². The largest absolute Gasteiger partial charge is 0.353 e. The smallest absolute Gasteiger partial charge is 0.158 e. The van der Waals surface area contributed by atoms with Gasteiger partial charge in [-0.15, -0.1) is 12.6 Å². The molecule has 1 N–H and O–H groups in total. The monoisotopic (exact) mass is 304 g/mol. The summed E-state index contributed by atoms with van der Waals surface area (Å²) in [7, 11) is 0. The molecule has 1 atom stereocenters. The molecule has 3 nitrogen and oxygen atoms in total. The number of nitriles is 1. The Kier molecular flexibility index (Phi) is 4.22. The molecule has 102 valence electrons. The Morgan fingerprint density at radius 2 is 2.00 bits per heavy atom. The highest BCUT2D eigenvalue weighted by molar-refractivity contribution is 7.84. The van der Waals surface area contributed by atoms with Gasteiger partial charge in [0.15, 0.2) is 5.78 Å². The molecule has 20 heavy (non-hydrogen) atoms. The molecule has 1 aliphatic heterocycles. The van der Waals surface area contributed by atoms with Gasteiger partial charge in [0.25, 0.3) is 0 Å². The lowest BCUT2D eigenvalue weighted by Gasteiger charge is -2.27. The van der Waals surface area contributed by atoms with Crippen LogP contribution in [-0.2, 0) is 4.79 Å². The number of Topliss-reactive ketones (excluding diaryl/α,β-unsaturated/α-hetero) is 1. The molecule has 1 aromatic carbocycles. The molecule has 1 aliphatic rings. The van der Waals surface area contributed by atoms with Crippen LogP contribution in [-0.4, -0.2) is 5.78 Å². The van der Waals surface area contributed by atoms with Crippen molar-refractivity contribution in [1.82, 2.24) is 5.32 Å². The Bertz CT molecular complexity index is 668. The molecule has 0 fully saturated rings. The number of carbonyl (C=O) groups is 1. The molecular formula is C15H13ClN2OS. The zero-order chi connectivity index (χ0) is 14.9. The van der Waals surface area contributed by atoms with E-state index in [9.17, 15) is 10.1 Å². The molecule has 0 saturated heterocycles. The van der Waals surface area contributed by atoms with E-state index in [1.54, 1.807) is 12.1 Å². The van der Waals surface area contributed by atoms with E-state index in [0.717, 1.165) is 11.3 Å². The Hall–Kier alpha value is -1.70. The van der Waals surface area contributed by atoms with Crippen LogP contribution >= 0.6 is 24.2 Å². The summed E-state index contributed by atoms with van der Waals surface area (Å²) in [6, 6.07) is 9.29. The van der Waals surface area contributed by atoms with E-state index in [1.807, 2.05) is 19.1 Å². The maximum absolute atomic E-state index is 11.9. The molecule has 0 saturated carbocycles. The number of nitrogens with one attached hydrogen (secondary N) is 1. The van der Waals surface area contributed by atoms with Gasteiger partial charge in [0, 0.05) is 16.3 Å². The number of nitrogens with zero attached hydrogens (tertiary/aromatic N) is 1. The number of ketones is 1. The Labute approximate surface area is 128 Å². The van der Waals surface area contributed by atoms with E-state index < -0.39 is 5.92 Å². The lowest BCUT2D eigenvalue weighted by molar-refractivity contribution is -0.113. The lowest BCUT2D eigenvalue weighted by Crippen LogP contribution is -2.26. The van der Waals surface area contributed by atoms with Crippen molar-refractivity contribution in [3.63, 3.8) is 0 Å². The van der Waals surface area contributed by atoms with Crippen molar-refractivity contribution in [2.45, 2.75) is 19.8 Å². The van der Waals surface area contributed by atoms with Crippen LogP contribution in [0, 0.1) is 11.3 Å². The van der Waals surface area contributed by atoms with Crippen LogP contribution in [0.25, 0.3) is 0 Å². The molecule has 5 heteroatoms. The summed E-state index contributed by atoms with van der Waals surface area (Å²) in [6.45, 7) is 3.31. The molecule has 0 spiro atoms. The Morgan fingerprint density at radius 3 is 2.50 bits per heavy atom. The van der Waals surface area contributed by atoms with Crippen LogP contribution in [0.15, 0.2) is 46.1 Å². The molecule has 0 amide bonds. The van der Waals surface area contributed by atoms with Crippen molar-refractivity contribution in [3.8, 4) is 6.07 Å². The van der Waals surface area contributed by atoms with Crippen LogP contribution in [0.5, 0.6) is 0 Å². The van der Waals surface area contributed by atoms with E-state index in [-0.39, 0.29) is 5.78 Å². The quantitative estimate of drug-likeness (QED) is 0.822. The molecule has 0 bridgehead atoms. The summed E-state index contributed by atoms with van der Waals surface area (Å²) < 4.78 is 0. The van der Waals surface area contributed by atoms with Crippen LogP contribution in [0.2, 0.25) is 5.02 Å². The van der Waals surface area contributed by atoms with Gasteiger partial charge in [-0.25, -0.2) is 0 Å². The highest BCUT2D eigenvalue weighted by Crippen LogP contribution is 2.39. The number of rotatable bonds is 2. The van der Waals surface area contributed by atoms with Gasteiger partial charge in [0.2, 0.25) is 0 Å². The number of halogens is 1. The molecule has 0 aliphatic carbocycles. The second kappa shape index (κ2) is 5.74. The maximum atomic E-state index is 11.9. The van der Waals surface area contributed by atoms with E-state index in [1.165, 1.54) is 6.92 Å². The summed E-state index contributed by atoms with van der Waals surface area (Å²) in [4.78, 5) is 11.9. The molecular weight excluding hydrogens is 292 g/mol. The summed E-state index contributed by atoms with van der Waals surface area (Å²) >= 11 is 10.2. The first kappa shape index (κ1) is 14.7. The van der Waals surface area contributed by atoms with Crippen molar-refractivity contribution in [1.29, 1.82) is 5.26 Å². The molecule has 2 rings (SSSR count). The fraction of sp³-hybridized carbons (Fsp3) is 0.200. The number of allylic oxidation sites excluding steroid dienone is 3. The zero-order valence-electron chi connectivity index (χ0n) is 11.1. The van der Waals surface area contributed by atoms with Gasteiger partial charge < -0.3 is 5.32 Å². The van der Waals surface area contributed by atoms with Crippen molar-refractivity contribution in [3.05, 3.63) is 56.7 Å². The third-order valence-electron chi connectivity index (χ3n) is 3.25. The SMILES string of the molecule is CC(=O)C1=C(C)NC(S)=C(C#N)C1c1ccc(Cl)cc1. The van der Waals surface area contributed by atoms with Crippen molar-refractivity contribution < 1.29 is 4.79 Å². The van der Waals surface area contributed by atoms with E-state index in [4.69, 9.17) is 11.6 Å². The lowest BCUT2D eigenvalue weighted by atomic mass is 9.81. The molecule has 1 unspecified atom stereocenters. The van der Waals surface area contributed by atoms with E-state index in [0.29, 0.717) is 21.2 Å². The van der Waals surface area contributed by atoms with Crippen molar-refractivity contribution >= 4 is 30.0 Å². The number of carbonyl (C=O) groups excluding carboxylic acids is 1. The van der Waals surface area contributed by atoms with Gasteiger partial charge in [0.05, 0.1) is 22.6 Å². The molecule has 1 heterocycles. The van der Waals surface area contributed by atoms with Crippen LogP contribution in [0.1, 0.15) is 25.3 Å². The zero-order valence-corrected chi connectivity index (χ0v) is 12.7. The summed E-state index contributed by atoms with van der Waals surface area (Å²) in [6.07, 6.45) is 0. The minimum Gasteiger partial charge on any atom is -0.353 e.